The fourth-order valence-corrected chi connectivity index (χ4v) is 2.83. The Morgan fingerprint density at radius 2 is 2.00 bits per heavy atom. The molecular formula is C13H20BrFN2O2S. The van der Waals surface area contributed by atoms with Gasteiger partial charge in [-0.1, -0.05) is 0 Å². The Labute approximate surface area is 130 Å². The highest BCUT2D eigenvalue weighted by Crippen LogP contribution is 2.29. The first-order valence-electron chi connectivity index (χ1n) is 6.23. The molecule has 0 aliphatic carbocycles. The van der Waals surface area contributed by atoms with Gasteiger partial charge in [-0.25, -0.2) is 9.37 Å². The molecule has 1 unspecified atom stereocenters. The van der Waals surface area contributed by atoms with E-state index >= 15 is 0 Å². The molecule has 0 saturated heterocycles. The molecule has 0 bridgehead atoms. The Morgan fingerprint density at radius 1 is 1.40 bits per heavy atom. The Kier molecular flexibility index (Phi) is 5.98. The molecule has 7 heteroatoms. The maximum absolute atomic E-state index is 14.0. The lowest BCUT2D eigenvalue weighted by Crippen LogP contribution is -2.51. The Hall–Kier alpha value is -0.210. The summed E-state index contributed by atoms with van der Waals surface area (Å²) < 4.78 is 29.2. The van der Waals surface area contributed by atoms with Crippen LogP contribution in [0.2, 0.25) is 0 Å². The highest BCUT2D eigenvalue weighted by atomic mass is 79.9. The zero-order valence-electron chi connectivity index (χ0n) is 12.0. The van der Waals surface area contributed by atoms with Gasteiger partial charge in [0.25, 0.3) is 0 Å². The third-order valence-corrected chi connectivity index (χ3v) is 5.01. The van der Waals surface area contributed by atoms with Crippen LogP contribution in [-0.2, 0) is 16.9 Å². The van der Waals surface area contributed by atoms with Crippen molar-refractivity contribution in [1.29, 1.82) is 0 Å². The summed E-state index contributed by atoms with van der Waals surface area (Å²) in [6.45, 7) is 6.98. The van der Waals surface area contributed by atoms with Crippen LogP contribution in [0.25, 0.3) is 0 Å². The van der Waals surface area contributed by atoms with Gasteiger partial charge in [0.15, 0.2) is 0 Å². The SMILES string of the molecule is CC(C)(C)[S+]([O-])N[C@@](C)(CCO)c1nc(Br)ccc1F. The molecule has 2 atom stereocenters. The summed E-state index contributed by atoms with van der Waals surface area (Å²) in [4.78, 5) is 4.13. The number of hydrogen-bond donors (Lipinski definition) is 2. The predicted molar refractivity (Wildman–Crippen MR) is 82.0 cm³/mol. The molecule has 1 rings (SSSR count). The molecule has 1 heterocycles. The van der Waals surface area contributed by atoms with Crippen molar-refractivity contribution in [3.8, 4) is 0 Å². The summed E-state index contributed by atoms with van der Waals surface area (Å²) in [5.41, 5.74) is -0.876. The number of aliphatic hydroxyl groups is 1. The molecule has 0 aliphatic rings. The lowest BCUT2D eigenvalue weighted by molar-refractivity contribution is 0.231. The zero-order valence-corrected chi connectivity index (χ0v) is 14.4. The maximum Gasteiger partial charge on any atom is 0.146 e. The van der Waals surface area contributed by atoms with Crippen LogP contribution in [0.15, 0.2) is 16.7 Å². The molecule has 0 spiro atoms. The first kappa shape index (κ1) is 17.8. The van der Waals surface area contributed by atoms with E-state index in [2.05, 4.69) is 25.6 Å². The highest BCUT2D eigenvalue weighted by Gasteiger charge is 2.39. The van der Waals surface area contributed by atoms with Crippen molar-refractivity contribution in [1.82, 2.24) is 9.71 Å². The molecule has 0 saturated carbocycles. The van der Waals surface area contributed by atoms with Crippen LogP contribution in [0, 0.1) is 5.82 Å². The van der Waals surface area contributed by atoms with Crippen molar-refractivity contribution in [3.63, 3.8) is 0 Å². The quantitative estimate of drug-likeness (QED) is 0.620. The van der Waals surface area contributed by atoms with Crippen LogP contribution in [0.3, 0.4) is 0 Å². The minimum Gasteiger partial charge on any atom is -0.598 e. The Bertz CT molecular complexity index is 470. The summed E-state index contributed by atoms with van der Waals surface area (Å²) in [5.74, 6) is -0.498. The second kappa shape index (κ2) is 6.70. The topological polar surface area (TPSA) is 68.2 Å². The highest BCUT2D eigenvalue weighted by molar-refractivity contribution is 9.10. The minimum absolute atomic E-state index is 0.138. The molecule has 2 N–H and O–H groups in total. The third-order valence-electron chi connectivity index (χ3n) is 2.82. The summed E-state index contributed by atoms with van der Waals surface area (Å²) in [6, 6.07) is 2.79. The number of halogens is 2. The first-order valence-corrected chi connectivity index (χ1v) is 8.17. The molecule has 0 fully saturated rings. The van der Waals surface area contributed by atoms with Crippen LogP contribution in [0.4, 0.5) is 4.39 Å². The smallest absolute Gasteiger partial charge is 0.146 e. The molecule has 114 valence electrons. The van der Waals surface area contributed by atoms with Crippen molar-refractivity contribution in [2.75, 3.05) is 6.61 Å². The van der Waals surface area contributed by atoms with E-state index in [4.69, 9.17) is 0 Å². The normalized spacial score (nSPS) is 16.8. The standard InChI is InChI=1S/C13H20BrFN2O2S/c1-12(2,3)20(19)17-13(4,7-8-18)11-9(15)5-6-10(14)16-11/h5-6,17-18H,7-8H2,1-4H3/t13-,20?/m0/s1. The number of rotatable bonds is 5. The van der Waals surface area contributed by atoms with Crippen LogP contribution in [0.5, 0.6) is 0 Å². The van der Waals surface area contributed by atoms with E-state index < -0.39 is 27.5 Å². The zero-order chi connectivity index (χ0) is 15.6. The fourth-order valence-electron chi connectivity index (χ4n) is 1.60. The van der Waals surface area contributed by atoms with Gasteiger partial charge in [-0.15, -0.1) is 4.72 Å². The monoisotopic (exact) mass is 366 g/mol. The number of hydrogen-bond acceptors (Lipinski definition) is 4. The van der Waals surface area contributed by atoms with Gasteiger partial charge in [-0.3, -0.25) is 0 Å². The lowest BCUT2D eigenvalue weighted by atomic mass is 9.94. The van der Waals surface area contributed by atoms with E-state index in [1.807, 2.05) is 20.8 Å². The van der Waals surface area contributed by atoms with Crippen molar-refractivity contribution < 1.29 is 14.0 Å². The van der Waals surface area contributed by atoms with E-state index in [-0.39, 0.29) is 18.7 Å². The summed E-state index contributed by atoms with van der Waals surface area (Å²) in [5, 5.41) is 9.24. The van der Waals surface area contributed by atoms with E-state index in [0.717, 1.165) is 0 Å². The second-order valence-electron chi connectivity index (χ2n) is 5.75. The molecule has 0 aliphatic heterocycles. The second-order valence-corrected chi connectivity index (χ2v) is 8.53. The van der Waals surface area contributed by atoms with Crippen molar-refractivity contribution in [2.24, 2.45) is 0 Å². The van der Waals surface area contributed by atoms with E-state index in [9.17, 15) is 14.0 Å². The van der Waals surface area contributed by atoms with Gasteiger partial charge in [0, 0.05) is 18.0 Å². The third kappa shape index (κ3) is 4.39. The molecule has 4 nitrogen and oxygen atoms in total. The van der Waals surface area contributed by atoms with Gasteiger partial charge < -0.3 is 9.66 Å². The van der Waals surface area contributed by atoms with Crippen LogP contribution in [-0.4, -0.2) is 26.0 Å². The molecule has 20 heavy (non-hydrogen) atoms. The summed E-state index contributed by atoms with van der Waals surface area (Å²) in [6.07, 6.45) is 0.204. The number of nitrogens with zero attached hydrogens (tertiary/aromatic N) is 1. The van der Waals surface area contributed by atoms with E-state index in [0.29, 0.717) is 4.60 Å². The van der Waals surface area contributed by atoms with Gasteiger partial charge >= 0.3 is 0 Å². The molecule has 1 aromatic rings. The Morgan fingerprint density at radius 3 is 2.50 bits per heavy atom. The van der Waals surface area contributed by atoms with Crippen LogP contribution >= 0.6 is 15.9 Å². The maximum atomic E-state index is 14.0. The lowest BCUT2D eigenvalue weighted by Gasteiger charge is -2.34. The van der Waals surface area contributed by atoms with Gasteiger partial charge in [0.2, 0.25) is 0 Å². The minimum atomic E-state index is -1.41. The average Bonchev–Trinajstić information content (AvgIpc) is 2.31. The van der Waals surface area contributed by atoms with Crippen LogP contribution < -0.4 is 4.72 Å². The fraction of sp³-hybridized carbons (Fsp3) is 0.615. The molecule has 0 aromatic carbocycles. The van der Waals surface area contributed by atoms with Crippen molar-refractivity contribution in [2.45, 2.75) is 44.4 Å². The van der Waals surface area contributed by atoms with Crippen molar-refractivity contribution in [3.05, 3.63) is 28.2 Å². The number of aliphatic hydroxyl groups excluding tert-OH is 1. The van der Waals surface area contributed by atoms with E-state index in [1.165, 1.54) is 12.1 Å². The van der Waals surface area contributed by atoms with Gasteiger partial charge in [0.1, 0.15) is 26.4 Å². The number of pyridine rings is 1. The first-order chi connectivity index (χ1) is 9.10. The summed E-state index contributed by atoms with van der Waals surface area (Å²) >= 11 is 1.79. The average molecular weight is 367 g/mol. The number of aromatic nitrogens is 1. The van der Waals surface area contributed by atoms with Crippen molar-refractivity contribution >= 4 is 27.3 Å². The molecule has 0 amide bonds. The number of nitrogens with one attached hydrogen (secondary N) is 1. The van der Waals surface area contributed by atoms with Gasteiger partial charge in [-0.2, -0.15) is 0 Å². The molecular weight excluding hydrogens is 347 g/mol. The largest absolute Gasteiger partial charge is 0.598 e. The summed E-state index contributed by atoms with van der Waals surface area (Å²) in [7, 11) is 0. The van der Waals surface area contributed by atoms with Crippen LogP contribution in [0.1, 0.15) is 39.8 Å². The van der Waals surface area contributed by atoms with Gasteiger partial charge in [0.05, 0.1) is 0 Å². The Balaban J connectivity index is 3.17. The van der Waals surface area contributed by atoms with Gasteiger partial charge in [-0.05, 0) is 62.2 Å². The van der Waals surface area contributed by atoms with E-state index in [1.54, 1.807) is 6.92 Å². The molecule has 1 aromatic heterocycles. The predicted octanol–water partition coefficient (Wildman–Crippen LogP) is 2.63. The molecule has 0 radical (unpaired) electrons.